The molecule has 0 N–H and O–H groups in total. The van der Waals surface area contributed by atoms with Gasteiger partial charge in [0.2, 0.25) is 0 Å². The maximum atomic E-state index is 6.19. The van der Waals surface area contributed by atoms with E-state index in [1.54, 1.807) is 0 Å². The van der Waals surface area contributed by atoms with Crippen LogP contribution in [0.1, 0.15) is 74.6 Å². The molecule has 1 saturated heterocycles. The lowest BCUT2D eigenvalue weighted by Gasteiger charge is -2.32. The summed E-state index contributed by atoms with van der Waals surface area (Å²) in [6.45, 7) is 5.37. The van der Waals surface area contributed by atoms with Gasteiger partial charge in [0, 0.05) is 5.56 Å². The molecule has 2 heteroatoms. The summed E-state index contributed by atoms with van der Waals surface area (Å²) in [5.74, 6) is 1.97. The maximum absolute atomic E-state index is 6.19. The first kappa shape index (κ1) is 18.6. The lowest BCUT2D eigenvalue weighted by Crippen LogP contribution is -2.31. The van der Waals surface area contributed by atoms with Crippen molar-refractivity contribution in [3.05, 3.63) is 65.2 Å². The second-order valence-corrected chi connectivity index (χ2v) is 8.26. The van der Waals surface area contributed by atoms with Gasteiger partial charge in [0.25, 0.3) is 0 Å². The van der Waals surface area contributed by atoms with Gasteiger partial charge in [-0.1, -0.05) is 75.1 Å². The zero-order valence-corrected chi connectivity index (χ0v) is 16.7. The van der Waals surface area contributed by atoms with Crippen molar-refractivity contribution >= 4 is 0 Å². The second kappa shape index (κ2) is 8.93. The van der Waals surface area contributed by atoms with Gasteiger partial charge in [0.05, 0.1) is 6.04 Å². The minimum Gasteiger partial charge on any atom is -0.489 e. The summed E-state index contributed by atoms with van der Waals surface area (Å²) >= 11 is 0. The van der Waals surface area contributed by atoms with Crippen LogP contribution in [-0.2, 0) is 6.61 Å². The molecular weight excluding hydrogens is 330 g/mol. The lowest BCUT2D eigenvalue weighted by molar-refractivity contribution is 0.229. The third kappa shape index (κ3) is 4.21. The van der Waals surface area contributed by atoms with Crippen LogP contribution in [-0.4, -0.2) is 18.0 Å². The molecular formula is C25H33NO. The molecule has 2 aliphatic heterocycles. The number of hydrogen-bond acceptors (Lipinski definition) is 2. The van der Waals surface area contributed by atoms with Gasteiger partial charge in [0.15, 0.2) is 0 Å². The van der Waals surface area contributed by atoms with E-state index in [1.807, 2.05) is 0 Å². The standard InChI is InChI=1S/C25H33NO/c1-2-3-4-10-20-11-9-17-26(18-16-20)25-22-13-6-5-12-21(22)19-27-24-15-8-7-14-23(24)25/h5-8,12-15,20,25H,2-4,9-11,16-19H2,1H3. The molecule has 0 spiro atoms. The fraction of sp³-hybridized carbons (Fsp3) is 0.520. The lowest BCUT2D eigenvalue weighted by atomic mass is 9.93. The van der Waals surface area contributed by atoms with Crippen molar-refractivity contribution in [2.75, 3.05) is 13.1 Å². The molecule has 1 fully saturated rings. The Bertz CT molecular complexity index is 693. The van der Waals surface area contributed by atoms with Crippen molar-refractivity contribution in [1.29, 1.82) is 0 Å². The van der Waals surface area contributed by atoms with Crippen molar-refractivity contribution in [3.8, 4) is 5.75 Å². The van der Waals surface area contributed by atoms with Gasteiger partial charge in [-0.25, -0.2) is 0 Å². The zero-order valence-electron chi connectivity index (χ0n) is 16.7. The summed E-state index contributed by atoms with van der Waals surface area (Å²) in [5, 5.41) is 0. The SMILES string of the molecule is CCCCCC1CCCN(C2c3ccccc3COc3ccccc32)CC1. The Morgan fingerprint density at radius 2 is 1.74 bits per heavy atom. The minimum atomic E-state index is 0.328. The molecule has 144 valence electrons. The van der Waals surface area contributed by atoms with E-state index in [-0.39, 0.29) is 0 Å². The molecule has 4 rings (SSSR count). The average Bonchev–Trinajstić information content (AvgIpc) is 3.03. The molecule has 2 aliphatic rings. The van der Waals surface area contributed by atoms with Crippen LogP contribution in [0.15, 0.2) is 48.5 Å². The molecule has 0 aromatic heterocycles. The van der Waals surface area contributed by atoms with Gasteiger partial charge < -0.3 is 4.74 Å². The van der Waals surface area contributed by atoms with Crippen LogP contribution in [0, 0.1) is 5.92 Å². The Morgan fingerprint density at radius 1 is 0.926 bits per heavy atom. The molecule has 27 heavy (non-hydrogen) atoms. The first-order valence-corrected chi connectivity index (χ1v) is 10.9. The van der Waals surface area contributed by atoms with Crippen molar-refractivity contribution in [3.63, 3.8) is 0 Å². The molecule has 0 aliphatic carbocycles. The average molecular weight is 364 g/mol. The number of likely N-dealkylation sites (tertiary alicyclic amines) is 1. The van der Waals surface area contributed by atoms with Crippen LogP contribution in [0.3, 0.4) is 0 Å². The Morgan fingerprint density at radius 3 is 2.63 bits per heavy atom. The van der Waals surface area contributed by atoms with E-state index < -0.39 is 0 Å². The normalized spacial score (nSPS) is 22.9. The summed E-state index contributed by atoms with van der Waals surface area (Å²) in [4.78, 5) is 2.73. The number of rotatable bonds is 5. The Labute approximate surface area is 164 Å². The molecule has 2 nitrogen and oxygen atoms in total. The highest BCUT2D eigenvalue weighted by Gasteiger charge is 2.30. The number of ether oxygens (including phenoxy) is 1. The molecule has 2 aromatic rings. The fourth-order valence-electron chi connectivity index (χ4n) is 4.90. The molecule has 2 heterocycles. The number of nitrogens with zero attached hydrogens (tertiary/aromatic N) is 1. The van der Waals surface area contributed by atoms with Crippen LogP contribution in [0.5, 0.6) is 5.75 Å². The summed E-state index contributed by atoms with van der Waals surface area (Å²) < 4.78 is 6.19. The fourth-order valence-corrected chi connectivity index (χ4v) is 4.90. The number of hydrogen-bond donors (Lipinski definition) is 0. The van der Waals surface area contributed by atoms with E-state index in [2.05, 4.69) is 60.4 Å². The molecule has 0 saturated carbocycles. The zero-order chi connectivity index (χ0) is 18.5. The van der Waals surface area contributed by atoms with Crippen LogP contribution in [0.4, 0.5) is 0 Å². The number of fused-ring (bicyclic) bond motifs is 2. The smallest absolute Gasteiger partial charge is 0.124 e. The van der Waals surface area contributed by atoms with Crippen LogP contribution >= 0.6 is 0 Å². The summed E-state index contributed by atoms with van der Waals surface area (Å²) in [6, 6.07) is 17.9. The quantitative estimate of drug-likeness (QED) is 0.574. The minimum absolute atomic E-state index is 0.328. The molecule has 2 atom stereocenters. The Balaban J connectivity index is 1.59. The Kier molecular flexibility index (Phi) is 6.14. The van der Waals surface area contributed by atoms with Gasteiger partial charge in [0.1, 0.15) is 12.4 Å². The third-order valence-corrected chi connectivity index (χ3v) is 6.41. The molecule has 0 radical (unpaired) electrons. The topological polar surface area (TPSA) is 12.5 Å². The van der Waals surface area contributed by atoms with Crippen molar-refractivity contribution in [2.45, 2.75) is 64.5 Å². The van der Waals surface area contributed by atoms with E-state index in [1.165, 1.54) is 74.7 Å². The van der Waals surface area contributed by atoms with Gasteiger partial charge >= 0.3 is 0 Å². The van der Waals surface area contributed by atoms with E-state index >= 15 is 0 Å². The molecule has 2 aromatic carbocycles. The molecule has 0 bridgehead atoms. The van der Waals surface area contributed by atoms with Crippen molar-refractivity contribution < 1.29 is 4.74 Å². The summed E-state index contributed by atoms with van der Waals surface area (Å²) in [5.41, 5.74) is 4.11. The van der Waals surface area contributed by atoms with E-state index in [0.29, 0.717) is 12.6 Å². The van der Waals surface area contributed by atoms with E-state index in [4.69, 9.17) is 4.74 Å². The highest BCUT2D eigenvalue weighted by atomic mass is 16.5. The highest BCUT2D eigenvalue weighted by Crippen LogP contribution is 2.40. The summed E-state index contributed by atoms with van der Waals surface area (Å²) in [6.07, 6.45) is 9.60. The van der Waals surface area contributed by atoms with Gasteiger partial charge in [-0.2, -0.15) is 0 Å². The largest absolute Gasteiger partial charge is 0.489 e. The maximum Gasteiger partial charge on any atom is 0.124 e. The van der Waals surface area contributed by atoms with Gasteiger partial charge in [-0.15, -0.1) is 0 Å². The number of para-hydroxylation sites is 1. The number of unbranched alkanes of at least 4 members (excludes halogenated alkanes) is 2. The first-order chi connectivity index (χ1) is 13.4. The third-order valence-electron chi connectivity index (χ3n) is 6.41. The monoisotopic (exact) mass is 363 g/mol. The highest BCUT2D eigenvalue weighted by molar-refractivity contribution is 5.46. The van der Waals surface area contributed by atoms with Gasteiger partial charge in [-0.05, 0) is 55.5 Å². The Hall–Kier alpha value is -1.80. The van der Waals surface area contributed by atoms with Crippen LogP contribution in [0.2, 0.25) is 0 Å². The summed E-state index contributed by atoms with van der Waals surface area (Å²) in [7, 11) is 0. The van der Waals surface area contributed by atoms with Gasteiger partial charge in [-0.3, -0.25) is 4.90 Å². The van der Waals surface area contributed by atoms with E-state index in [0.717, 1.165) is 11.7 Å². The molecule has 2 unspecified atom stereocenters. The first-order valence-electron chi connectivity index (χ1n) is 10.9. The second-order valence-electron chi connectivity index (χ2n) is 8.26. The number of benzene rings is 2. The predicted molar refractivity (Wildman–Crippen MR) is 112 cm³/mol. The van der Waals surface area contributed by atoms with Crippen molar-refractivity contribution in [2.24, 2.45) is 5.92 Å². The predicted octanol–water partition coefficient (Wildman–Crippen LogP) is 6.35. The van der Waals surface area contributed by atoms with E-state index in [9.17, 15) is 0 Å². The molecule has 0 amide bonds. The van der Waals surface area contributed by atoms with Crippen LogP contribution in [0.25, 0.3) is 0 Å². The van der Waals surface area contributed by atoms with Crippen LogP contribution < -0.4 is 4.74 Å². The van der Waals surface area contributed by atoms with Crippen molar-refractivity contribution in [1.82, 2.24) is 4.90 Å².